The molecule has 1 aliphatic rings. The fraction of sp³-hybridized carbons (Fsp3) is 0.200. The third-order valence-electron chi connectivity index (χ3n) is 3.25. The summed E-state index contributed by atoms with van der Waals surface area (Å²) in [4.78, 5) is 15.6. The van der Waals surface area contributed by atoms with Gasteiger partial charge in [0, 0.05) is 29.8 Å². The van der Waals surface area contributed by atoms with Gasteiger partial charge in [0.2, 0.25) is 5.95 Å². The van der Waals surface area contributed by atoms with Crippen LogP contribution < -0.4 is 10.1 Å². The molecule has 1 N–H and O–H groups in total. The number of nitrogens with zero attached hydrogens (tertiary/aromatic N) is 1. The van der Waals surface area contributed by atoms with Crippen LogP contribution in [0.3, 0.4) is 0 Å². The van der Waals surface area contributed by atoms with E-state index in [2.05, 4.69) is 10.3 Å². The molecule has 20 heavy (non-hydrogen) atoms. The normalized spacial score (nSPS) is 16.9. The highest BCUT2D eigenvalue weighted by Crippen LogP contribution is 2.31. The zero-order valence-corrected chi connectivity index (χ0v) is 10.7. The summed E-state index contributed by atoms with van der Waals surface area (Å²) in [7, 11) is 0. The molecule has 2 heterocycles. The van der Waals surface area contributed by atoms with Crippen LogP contribution in [0.2, 0.25) is 0 Å². The largest absolute Gasteiger partial charge is 0.493 e. The van der Waals surface area contributed by atoms with Gasteiger partial charge in [-0.05, 0) is 12.1 Å². The van der Waals surface area contributed by atoms with E-state index in [1.807, 2.05) is 24.3 Å². The molecular formula is C15H13FN2O2. The van der Waals surface area contributed by atoms with Crippen molar-refractivity contribution in [3.8, 4) is 5.75 Å². The van der Waals surface area contributed by atoms with Crippen molar-refractivity contribution in [2.24, 2.45) is 0 Å². The topological polar surface area (TPSA) is 51.2 Å². The molecule has 1 aromatic heterocycles. The quantitative estimate of drug-likeness (QED) is 0.854. The summed E-state index contributed by atoms with van der Waals surface area (Å²) in [5, 5.41) is 2.91. The molecule has 0 fully saturated rings. The van der Waals surface area contributed by atoms with E-state index in [-0.39, 0.29) is 17.5 Å². The second kappa shape index (κ2) is 5.28. The van der Waals surface area contributed by atoms with Crippen LogP contribution in [-0.4, -0.2) is 17.5 Å². The number of fused-ring (bicyclic) bond motifs is 1. The van der Waals surface area contributed by atoms with Crippen molar-refractivity contribution in [3.63, 3.8) is 0 Å². The SMILES string of the molecule is O=C(N[C@H]1CCOc2ccccc21)c1ccnc(F)c1. The van der Waals surface area contributed by atoms with Gasteiger partial charge in [-0.2, -0.15) is 4.39 Å². The Morgan fingerprint density at radius 3 is 3.05 bits per heavy atom. The van der Waals surface area contributed by atoms with E-state index >= 15 is 0 Å². The van der Waals surface area contributed by atoms with Crippen LogP contribution in [0.4, 0.5) is 4.39 Å². The van der Waals surface area contributed by atoms with Crippen LogP contribution in [0.1, 0.15) is 28.4 Å². The third kappa shape index (κ3) is 2.47. The molecule has 4 nitrogen and oxygen atoms in total. The second-order valence-corrected chi connectivity index (χ2v) is 4.57. The lowest BCUT2D eigenvalue weighted by Crippen LogP contribution is -2.32. The number of halogens is 1. The van der Waals surface area contributed by atoms with Gasteiger partial charge in [0.05, 0.1) is 12.6 Å². The smallest absolute Gasteiger partial charge is 0.251 e. The van der Waals surface area contributed by atoms with Crippen molar-refractivity contribution >= 4 is 5.91 Å². The zero-order chi connectivity index (χ0) is 13.9. The van der Waals surface area contributed by atoms with Gasteiger partial charge < -0.3 is 10.1 Å². The molecule has 0 radical (unpaired) electrons. The number of nitrogens with one attached hydrogen (secondary N) is 1. The van der Waals surface area contributed by atoms with Gasteiger partial charge in [-0.15, -0.1) is 0 Å². The lowest BCUT2D eigenvalue weighted by atomic mass is 10.0. The molecule has 102 valence electrons. The first-order chi connectivity index (χ1) is 9.74. The highest BCUT2D eigenvalue weighted by molar-refractivity contribution is 5.94. The molecule has 1 aromatic carbocycles. The molecule has 0 spiro atoms. The number of benzene rings is 1. The van der Waals surface area contributed by atoms with E-state index in [0.717, 1.165) is 17.4 Å². The molecule has 0 aliphatic carbocycles. The van der Waals surface area contributed by atoms with Gasteiger partial charge in [0.1, 0.15) is 5.75 Å². The maximum atomic E-state index is 13.0. The summed E-state index contributed by atoms with van der Waals surface area (Å²) in [6, 6.07) is 10.1. The molecule has 0 saturated heterocycles. The number of amides is 1. The zero-order valence-electron chi connectivity index (χ0n) is 10.7. The molecule has 1 amide bonds. The van der Waals surface area contributed by atoms with Gasteiger partial charge in [0.15, 0.2) is 0 Å². The lowest BCUT2D eigenvalue weighted by molar-refractivity contribution is 0.0924. The Kier molecular flexibility index (Phi) is 3.33. The summed E-state index contributed by atoms with van der Waals surface area (Å²) in [6.45, 7) is 0.548. The number of aromatic nitrogens is 1. The number of hydrogen-bond donors (Lipinski definition) is 1. The molecular weight excluding hydrogens is 259 g/mol. The predicted octanol–water partition coefficient (Wildman–Crippen LogP) is 2.47. The first-order valence-corrected chi connectivity index (χ1v) is 6.38. The van der Waals surface area contributed by atoms with Gasteiger partial charge in [-0.3, -0.25) is 4.79 Å². The minimum Gasteiger partial charge on any atom is -0.493 e. The van der Waals surface area contributed by atoms with Crippen molar-refractivity contribution in [1.29, 1.82) is 0 Å². The maximum absolute atomic E-state index is 13.0. The fourth-order valence-electron chi connectivity index (χ4n) is 2.28. The Hall–Kier alpha value is -2.43. The lowest BCUT2D eigenvalue weighted by Gasteiger charge is -2.26. The minimum atomic E-state index is -0.662. The van der Waals surface area contributed by atoms with Crippen molar-refractivity contribution in [2.75, 3.05) is 6.61 Å². The Balaban J connectivity index is 1.81. The van der Waals surface area contributed by atoms with Crippen molar-refractivity contribution in [3.05, 3.63) is 59.7 Å². The summed E-state index contributed by atoms with van der Waals surface area (Å²) in [5.41, 5.74) is 1.21. The Labute approximate surface area is 115 Å². The van der Waals surface area contributed by atoms with E-state index in [1.165, 1.54) is 12.3 Å². The van der Waals surface area contributed by atoms with E-state index in [9.17, 15) is 9.18 Å². The molecule has 3 rings (SSSR count). The summed E-state index contributed by atoms with van der Waals surface area (Å²) >= 11 is 0. The van der Waals surface area contributed by atoms with Crippen LogP contribution in [0, 0.1) is 5.95 Å². The highest BCUT2D eigenvalue weighted by Gasteiger charge is 2.23. The molecule has 5 heteroatoms. The van der Waals surface area contributed by atoms with Gasteiger partial charge in [-0.1, -0.05) is 18.2 Å². The van der Waals surface area contributed by atoms with E-state index in [0.29, 0.717) is 13.0 Å². The molecule has 0 unspecified atom stereocenters. The number of hydrogen-bond acceptors (Lipinski definition) is 3. The summed E-state index contributed by atoms with van der Waals surface area (Å²) in [6.07, 6.45) is 1.97. The Morgan fingerprint density at radius 2 is 2.20 bits per heavy atom. The van der Waals surface area contributed by atoms with Crippen LogP contribution in [0.5, 0.6) is 5.75 Å². The van der Waals surface area contributed by atoms with Crippen molar-refractivity contribution in [1.82, 2.24) is 10.3 Å². The third-order valence-corrected chi connectivity index (χ3v) is 3.25. The first-order valence-electron chi connectivity index (χ1n) is 6.38. The second-order valence-electron chi connectivity index (χ2n) is 4.57. The molecule has 1 aliphatic heterocycles. The van der Waals surface area contributed by atoms with Crippen LogP contribution in [0.25, 0.3) is 0 Å². The van der Waals surface area contributed by atoms with Crippen LogP contribution in [-0.2, 0) is 0 Å². The monoisotopic (exact) mass is 272 g/mol. The predicted molar refractivity (Wildman–Crippen MR) is 71.0 cm³/mol. The number of pyridine rings is 1. The standard InChI is InChI=1S/C15H13FN2O2/c16-14-9-10(5-7-17-14)15(19)18-12-6-8-20-13-4-2-1-3-11(12)13/h1-5,7,9,12H,6,8H2,(H,18,19)/t12-/m0/s1. The van der Waals surface area contributed by atoms with Gasteiger partial charge >= 0.3 is 0 Å². The minimum absolute atomic E-state index is 0.122. The molecule has 1 atom stereocenters. The number of rotatable bonds is 2. The molecule has 2 aromatic rings. The summed E-state index contributed by atoms with van der Waals surface area (Å²) < 4.78 is 18.6. The molecule has 0 bridgehead atoms. The van der Waals surface area contributed by atoms with E-state index in [1.54, 1.807) is 0 Å². The van der Waals surface area contributed by atoms with Gasteiger partial charge in [0.25, 0.3) is 5.91 Å². The number of carbonyl (C=O) groups is 1. The average Bonchev–Trinajstić information content (AvgIpc) is 2.47. The number of para-hydroxylation sites is 1. The Bertz CT molecular complexity index is 645. The van der Waals surface area contributed by atoms with Crippen molar-refractivity contribution < 1.29 is 13.9 Å². The van der Waals surface area contributed by atoms with Crippen LogP contribution >= 0.6 is 0 Å². The molecule has 0 saturated carbocycles. The fourth-order valence-corrected chi connectivity index (χ4v) is 2.28. The number of ether oxygens (including phenoxy) is 1. The van der Waals surface area contributed by atoms with E-state index < -0.39 is 5.95 Å². The highest BCUT2D eigenvalue weighted by atomic mass is 19.1. The van der Waals surface area contributed by atoms with E-state index in [4.69, 9.17) is 4.74 Å². The Morgan fingerprint density at radius 1 is 1.35 bits per heavy atom. The summed E-state index contributed by atoms with van der Waals surface area (Å²) in [5.74, 6) is -0.192. The average molecular weight is 272 g/mol. The first kappa shape index (κ1) is 12.6. The van der Waals surface area contributed by atoms with Crippen molar-refractivity contribution in [2.45, 2.75) is 12.5 Å². The number of carbonyl (C=O) groups excluding carboxylic acids is 1. The maximum Gasteiger partial charge on any atom is 0.251 e. The van der Waals surface area contributed by atoms with Crippen LogP contribution in [0.15, 0.2) is 42.6 Å². The van der Waals surface area contributed by atoms with Gasteiger partial charge in [-0.25, -0.2) is 4.98 Å².